The minimum absolute atomic E-state index is 0.159. The second kappa shape index (κ2) is 8.96. The van der Waals surface area contributed by atoms with Crippen LogP contribution >= 0.6 is 0 Å². The van der Waals surface area contributed by atoms with Gasteiger partial charge in [0.05, 0.1) is 12.8 Å². The van der Waals surface area contributed by atoms with Crippen molar-refractivity contribution in [2.24, 2.45) is 0 Å². The minimum Gasteiger partial charge on any atom is -0.338 e. The zero-order chi connectivity index (χ0) is 19.2. The van der Waals surface area contributed by atoms with Crippen molar-refractivity contribution in [1.29, 1.82) is 0 Å². The second-order valence-electron chi connectivity index (χ2n) is 6.41. The van der Waals surface area contributed by atoms with Crippen LogP contribution in [0.1, 0.15) is 23.6 Å². The monoisotopic (exact) mass is 374 g/mol. The Morgan fingerprint density at radius 3 is 2.04 bits per heavy atom. The fourth-order valence-corrected chi connectivity index (χ4v) is 3.35. The number of rotatable bonds is 8. The number of amides is 1. The van der Waals surface area contributed by atoms with Crippen molar-refractivity contribution in [3.05, 3.63) is 71.3 Å². The Labute approximate surface area is 156 Å². The molecule has 0 aliphatic rings. The first-order valence-electron chi connectivity index (χ1n) is 8.62. The van der Waals surface area contributed by atoms with Crippen LogP contribution in [-0.2, 0) is 27.9 Å². The number of benzene rings is 2. The summed E-state index contributed by atoms with van der Waals surface area (Å²) in [5, 5.41) is 0. The number of nitrogens with zero attached hydrogens (tertiary/aromatic N) is 2. The number of carbonyl (C=O) groups excluding carboxylic acids is 1. The van der Waals surface area contributed by atoms with E-state index in [0.29, 0.717) is 13.1 Å². The molecule has 0 unspecified atom stereocenters. The number of sulfonamides is 1. The van der Waals surface area contributed by atoms with E-state index in [-0.39, 0.29) is 19.0 Å². The highest BCUT2D eigenvalue weighted by Crippen LogP contribution is 2.12. The maximum Gasteiger partial charge on any atom is 0.238 e. The Hall–Kier alpha value is -2.18. The van der Waals surface area contributed by atoms with Crippen LogP contribution in [0.5, 0.6) is 0 Å². The summed E-state index contributed by atoms with van der Waals surface area (Å²) in [7, 11) is -3.50. The van der Waals surface area contributed by atoms with Gasteiger partial charge in [-0.1, -0.05) is 60.2 Å². The first-order valence-corrected chi connectivity index (χ1v) is 10.5. The van der Waals surface area contributed by atoms with Crippen LogP contribution in [0.3, 0.4) is 0 Å². The van der Waals surface area contributed by atoms with Crippen molar-refractivity contribution in [3.63, 3.8) is 0 Å². The zero-order valence-electron chi connectivity index (χ0n) is 15.6. The van der Waals surface area contributed by atoms with E-state index in [1.54, 1.807) is 4.90 Å². The Balaban J connectivity index is 2.10. The average Bonchev–Trinajstić information content (AvgIpc) is 2.61. The molecule has 26 heavy (non-hydrogen) atoms. The van der Waals surface area contributed by atoms with Crippen LogP contribution in [0, 0.1) is 6.92 Å². The van der Waals surface area contributed by atoms with Gasteiger partial charge >= 0.3 is 0 Å². The molecule has 2 aromatic carbocycles. The van der Waals surface area contributed by atoms with E-state index < -0.39 is 10.0 Å². The first-order chi connectivity index (χ1) is 12.3. The van der Waals surface area contributed by atoms with Gasteiger partial charge in [-0.3, -0.25) is 4.79 Å². The van der Waals surface area contributed by atoms with Crippen molar-refractivity contribution < 1.29 is 13.2 Å². The summed E-state index contributed by atoms with van der Waals surface area (Å²) in [5.41, 5.74) is 2.99. The van der Waals surface area contributed by atoms with Crippen molar-refractivity contribution in [3.8, 4) is 0 Å². The van der Waals surface area contributed by atoms with Gasteiger partial charge in [0, 0.05) is 19.6 Å². The Kier molecular flexibility index (Phi) is 6.94. The number of hydrogen-bond donors (Lipinski definition) is 0. The van der Waals surface area contributed by atoms with Crippen molar-refractivity contribution in [2.75, 3.05) is 19.3 Å². The molecule has 0 radical (unpaired) electrons. The molecule has 0 spiro atoms. The zero-order valence-corrected chi connectivity index (χ0v) is 16.4. The normalized spacial score (nSPS) is 11.5. The van der Waals surface area contributed by atoms with E-state index in [4.69, 9.17) is 0 Å². The Morgan fingerprint density at radius 2 is 1.50 bits per heavy atom. The van der Waals surface area contributed by atoms with E-state index in [1.807, 2.05) is 68.4 Å². The number of carbonyl (C=O) groups is 1. The summed E-state index contributed by atoms with van der Waals surface area (Å²) < 4.78 is 25.6. The van der Waals surface area contributed by atoms with E-state index in [9.17, 15) is 13.2 Å². The standard InChI is InChI=1S/C20H26N2O3S/c1-4-21(14-18-8-6-5-7-9-18)20(23)16-22(26(3,24)25)15-19-12-10-17(2)11-13-19/h5-13H,4,14-16H2,1-3H3. The lowest BCUT2D eigenvalue weighted by Gasteiger charge is -2.25. The van der Waals surface area contributed by atoms with E-state index in [2.05, 4.69) is 0 Å². The second-order valence-corrected chi connectivity index (χ2v) is 8.39. The first kappa shape index (κ1) is 20.1. The molecule has 0 aliphatic carbocycles. The van der Waals surface area contributed by atoms with Crippen LogP contribution in [0.15, 0.2) is 54.6 Å². The van der Waals surface area contributed by atoms with Crippen LogP contribution in [0.2, 0.25) is 0 Å². The van der Waals surface area contributed by atoms with E-state index >= 15 is 0 Å². The third kappa shape index (κ3) is 5.97. The van der Waals surface area contributed by atoms with Gasteiger partial charge in [-0.25, -0.2) is 8.42 Å². The fourth-order valence-electron chi connectivity index (χ4n) is 2.62. The summed E-state index contributed by atoms with van der Waals surface area (Å²) >= 11 is 0. The van der Waals surface area contributed by atoms with Gasteiger partial charge in [0.15, 0.2) is 0 Å². The van der Waals surface area contributed by atoms with Crippen LogP contribution in [-0.4, -0.2) is 42.9 Å². The molecule has 140 valence electrons. The van der Waals surface area contributed by atoms with Gasteiger partial charge in [0.1, 0.15) is 0 Å². The SMILES string of the molecule is CCN(Cc1ccccc1)C(=O)CN(Cc1ccc(C)cc1)S(C)(=O)=O. The maximum atomic E-state index is 12.7. The van der Waals surface area contributed by atoms with Crippen molar-refractivity contribution in [2.45, 2.75) is 26.9 Å². The Morgan fingerprint density at radius 1 is 0.923 bits per heavy atom. The third-order valence-corrected chi connectivity index (χ3v) is 5.41. The van der Waals surface area contributed by atoms with Crippen LogP contribution in [0.4, 0.5) is 0 Å². The highest BCUT2D eigenvalue weighted by molar-refractivity contribution is 7.88. The molecule has 5 nitrogen and oxygen atoms in total. The lowest BCUT2D eigenvalue weighted by Crippen LogP contribution is -2.41. The summed E-state index contributed by atoms with van der Waals surface area (Å²) in [6.07, 6.45) is 1.14. The molecule has 0 heterocycles. The highest BCUT2D eigenvalue weighted by atomic mass is 32.2. The molecule has 0 bridgehead atoms. The van der Waals surface area contributed by atoms with Gasteiger partial charge < -0.3 is 4.90 Å². The Bertz CT molecular complexity index is 818. The minimum atomic E-state index is -3.50. The quantitative estimate of drug-likeness (QED) is 0.714. The highest BCUT2D eigenvalue weighted by Gasteiger charge is 2.23. The number of hydrogen-bond acceptors (Lipinski definition) is 3. The third-order valence-electron chi connectivity index (χ3n) is 4.21. The maximum absolute atomic E-state index is 12.7. The van der Waals surface area contributed by atoms with Gasteiger partial charge in [0.25, 0.3) is 0 Å². The molecule has 0 saturated heterocycles. The van der Waals surface area contributed by atoms with Crippen LogP contribution in [0.25, 0.3) is 0 Å². The lowest BCUT2D eigenvalue weighted by molar-refractivity contribution is -0.131. The smallest absolute Gasteiger partial charge is 0.238 e. The van der Waals surface area contributed by atoms with E-state index in [1.165, 1.54) is 4.31 Å². The molecule has 0 saturated carbocycles. The molecule has 0 fully saturated rings. The van der Waals surface area contributed by atoms with Crippen molar-refractivity contribution in [1.82, 2.24) is 9.21 Å². The summed E-state index contributed by atoms with van der Waals surface area (Å²) in [5.74, 6) is -0.200. The molecule has 0 N–H and O–H groups in total. The van der Waals surface area contributed by atoms with E-state index in [0.717, 1.165) is 22.9 Å². The topological polar surface area (TPSA) is 57.7 Å². The molecule has 1 amide bonds. The van der Waals surface area contributed by atoms with Gasteiger partial charge in [-0.2, -0.15) is 4.31 Å². The molecule has 0 aromatic heterocycles. The molecule has 0 aliphatic heterocycles. The number of aryl methyl sites for hydroxylation is 1. The predicted molar refractivity (Wildman–Crippen MR) is 104 cm³/mol. The van der Waals surface area contributed by atoms with Crippen molar-refractivity contribution >= 4 is 15.9 Å². The number of likely N-dealkylation sites (N-methyl/N-ethyl adjacent to an activating group) is 1. The molecular weight excluding hydrogens is 348 g/mol. The molecule has 0 atom stereocenters. The predicted octanol–water partition coefficient (Wildman–Crippen LogP) is 2.81. The summed E-state index contributed by atoms with van der Waals surface area (Å²) in [4.78, 5) is 14.4. The van der Waals surface area contributed by atoms with Gasteiger partial charge in [-0.05, 0) is 25.0 Å². The largest absolute Gasteiger partial charge is 0.338 e. The van der Waals surface area contributed by atoms with Gasteiger partial charge in [0.2, 0.25) is 15.9 Å². The average molecular weight is 375 g/mol. The molecule has 2 rings (SSSR count). The molecular formula is C20H26N2O3S. The van der Waals surface area contributed by atoms with Crippen LogP contribution < -0.4 is 0 Å². The molecule has 6 heteroatoms. The fraction of sp³-hybridized carbons (Fsp3) is 0.350. The summed E-state index contributed by atoms with van der Waals surface area (Å²) in [6.45, 7) is 4.89. The lowest BCUT2D eigenvalue weighted by atomic mass is 10.1. The summed E-state index contributed by atoms with van der Waals surface area (Å²) in [6, 6.07) is 17.3. The van der Waals surface area contributed by atoms with Gasteiger partial charge in [-0.15, -0.1) is 0 Å². The molecule has 2 aromatic rings.